The minimum absolute atomic E-state index is 0.317. The van der Waals surface area contributed by atoms with Gasteiger partial charge in [-0.25, -0.2) is 4.79 Å². The van der Waals surface area contributed by atoms with Gasteiger partial charge in [0.15, 0.2) is 6.10 Å². The van der Waals surface area contributed by atoms with Crippen LogP contribution in [0.1, 0.15) is 54.9 Å². The fraction of sp³-hybridized carbons (Fsp3) is 0.588. The average Bonchev–Trinajstić information content (AvgIpc) is 2.45. The van der Waals surface area contributed by atoms with Gasteiger partial charge in [-0.3, -0.25) is 0 Å². The first-order valence-electron chi connectivity index (χ1n) is 7.74. The summed E-state index contributed by atoms with van der Waals surface area (Å²) in [7, 11) is 1.63. The Labute approximate surface area is 125 Å². The first kappa shape index (κ1) is 14.4. The smallest absolute Gasteiger partial charge is 0.340 e. The third-order valence-corrected chi connectivity index (χ3v) is 4.52. The number of hydrogen-bond acceptors (Lipinski definition) is 4. The molecule has 1 aliphatic heterocycles. The van der Waals surface area contributed by atoms with E-state index >= 15 is 0 Å². The van der Waals surface area contributed by atoms with Crippen molar-refractivity contribution in [1.82, 2.24) is 0 Å². The van der Waals surface area contributed by atoms with Crippen molar-refractivity contribution in [3.8, 4) is 5.75 Å². The maximum atomic E-state index is 12.2. The summed E-state index contributed by atoms with van der Waals surface area (Å²) < 4.78 is 16.3. The van der Waals surface area contributed by atoms with Crippen LogP contribution in [0.4, 0.5) is 0 Å². The van der Waals surface area contributed by atoms with E-state index in [0.717, 1.165) is 17.7 Å². The van der Waals surface area contributed by atoms with Crippen molar-refractivity contribution in [2.75, 3.05) is 20.3 Å². The van der Waals surface area contributed by atoms with Gasteiger partial charge in [0.2, 0.25) is 0 Å². The van der Waals surface area contributed by atoms with E-state index < -0.39 is 6.10 Å². The standard InChI is InChI=1S/C17H22O4/c1-3-20-17(18)16-15-13(9-10-21-16)12(11-5-4-6-11)7-8-14(15)19-2/h7-8,11,16H,3-6,9-10H2,1-2H3/t16-/m0/s1. The summed E-state index contributed by atoms with van der Waals surface area (Å²) in [5, 5.41) is 0. The third kappa shape index (κ3) is 2.53. The average molecular weight is 290 g/mol. The number of carbonyl (C=O) groups excluding carboxylic acids is 1. The van der Waals surface area contributed by atoms with Crippen LogP contribution < -0.4 is 4.74 Å². The molecule has 0 aromatic heterocycles. The van der Waals surface area contributed by atoms with Crippen molar-refractivity contribution in [2.45, 2.75) is 44.6 Å². The second-order valence-corrected chi connectivity index (χ2v) is 5.63. The van der Waals surface area contributed by atoms with Crippen LogP contribution in [0, 0.1) is 0 Å². The summed E-state index contributed by atoms with van der Waals surface area (Å²) in [6.07, 6.45) is 3.97. The van der Waals surface area contributed by atoms with Gasteiger partial charge < -0.3 is 14.2 Å². The minimum atomic E-state index is -0.649. The normalized spacial score (nSPS) is 21.3. The Hall–Kier alpha value is -1.55. The Bertz CT molecular complexity index is 534. The molecular weight excluding hydrogens is 268 g/mol. The summed E-state index contributed by atoms with van der Waals surface area (Å²) in [5.74, 6) is 1.04. The zero-order chi connectivity index (χ0) is 14.8. The molecule has 4 heteroatoms. The molecule has 3 rings (SSSR count). The van der Waals surface area contributed by atoms with Gasteiger partial charge in [-0.15, -0.1) is 0 Å². The van der Waals surface area contributed by atoms with Gasteiger partial charge in [-0.2, -0.15) is 0 Å². The highest BCUT2D eigenvalue weighted by Gasteiger charge is 2.35. The van der Waals surface area contributed by atoms with Gasteiger partial charge in [0.1, 0.15) is 5.75 Å². The van der Waals surface area contributed by atoms with Crippen molar-refractivity contribution in [1.29, 1.82) is 0 Å². The zero-order valence-corrected chi connectivity index (χ0v) is 12.7. The van der Waals surface area contributed by atoms with E-state index in [2.05, 4.69) is 6.07 Å². The number of methoxy groups -OCH3 is 1. The number of rotatable bonds is 4. The van der Waals surface area contributed by atoms with Crippen LogP contribution >= 0.6 is 0 Å². The minimum Gasteiger partial charge on any atom is -0.496 e. The number of hydrogen-bond donors (Lipinski definition) is 0. The lowest BCUT2D eigenvalue weighted by Gasteiger charge is -2.33. The molecule has 1 heterocycles. The third-order valence-electron chi connectivity index (χ3n) is 4.52. The van der Waals surface area contributed by atoms with Crippen molar-refractivity contribution >= 4 is 5.97 Å². The van der Waals surface area contributed by atoms with E-state index in [1.807, 2.05) is 13.0 Å². The molecule has 1 saturated carbocycles. The van der Waals surface area contributed by atoms with Crippen LogP contribution in [0.5, 0.6) is 5.75 Å². The maximum absolute atomic E-state index is 12.2. The molecule has 1 atom stereocenters. The first-order valence-corrected chi connectivity index (χ1v) is 7.74. The molecule has 1 fully saturated rings. The zero-order valence-electron chi connectivity index (χ0n) is 12.7. The molecule has 114 valence electrons. The van der Waals surface area contributed by atoms with Crippen LogP contribution in [-0.2, 0) is 20.7 Å². The summed E-state index contributed by atoms with van der Waals surface area (Å²) >= 11 is 0. The molecule has 0 spiro atoms. The lowest BCUT2D eigenvalue weighted by molar-refractivity contribution is -0.158. The Morgan fingerprint density at radius 1 is 1.38 bits per heavy atom. The molecule has 0 radical (unpaired) electrons. The Balaban J connectivity index is 2.04. The molecule has 2 aliphatic rings. The first-order chi connectivity index (χ1) is 10.3. The number of carbonyl (C=O) groups is 1. The van der Waals surface area contributed by atoms with Gasteiger partial charge >= 0.3 is 5.97 Å². The topological polar surface area (TPSA) is 44.8 Å². The number of benzene rings is 1. The summed E-state index contributed by atoms with van der Waals surface area (Å²) in [6, 6.07) is 4.13. The quantitative estimate of drug-likeness (QED) is 0.799. The van der Waals surface area contributed by atoms with Crippen LogP contribution in [0.2, 0.25) is 0 Å². The molecule has 0 unspecified atom stereocenters. The Morgan fingerprint density at radius 3 is 2.81 bits per heavy atom. The van der Waals surface area contributed by atoms with Gasteiger partial charge in [0.25, 0.3) is 0 Å². The van der Waals surface area contributed by atoms with Gasteiger partial charge in [0.05, 0.1) is 20.3 Å². The van der Waals surface area contributed by atoms with Crippen molar-refractivity contribution in [2.24, 2.45) is 0 Å². The molecule has 1 aromatic carbocycles. The Kier molecular flexibility index (Phi) is 4.15. The summed E-state index contributed by atoms with van der Waals surface area (Å²) in [4.78, 5) is 12.2. The molecule has 0 saturated heterocycles. The number of ether oxygens (including phenoxy) is 3. The largest absolute Gasteiger partial charge is 0.496 e. The monoisotopic (exact) mass is 290 g/mol. The second-order valence-electron chi connectivity index (χ2n) is 5.63. The van der Waals surface area contributed by atoms with Crippen LogP contribution in [0.3, 0.4) is 0 Å². The van der Waals surface area contributed by atoms with Crippen LogP contribution in [-0.4, -0.2) is 26.3 Å². The molecule has 4 nitrogen and oxygen atoms in total. The van der Waals surface area contributed by atoms with E-state index in [4.69, 9.17) is 14.2 Å². The van der Waals surface area contributed by atoms with E-state index in [-0.39, 0.29) is 5.97 Å². The van der Waals surface area contributed by atoms with E-state index in [1.54, 1.807) is 7.11 Å². The second kappa shape index (κ2) is 6.06. The molecular formula is C17H22O4. The molecule has 0 N–H and O–H groups in total. The molecule has 1 aromatic rings. The lowest BCUT2D eigenvalue weighted by atomic mass is 9.76. The van der Waals surface area contributed by atoms with E-state index in [0.29, 0.717) is 19.1 Å². The predicted molar refractivity (Wildman–Crippen MR) is 78.6 cm³/mol. The maximum Gasteiger partial charge on any atom is 0.340 e. The van der Waals surface area contributed by atoms with Gasteiger partial charge in [0, 0.05) is 5.56 Å². The SMILES string of the molecule is CCOC(=O)[C@H]1OCCc2c(C3CCC3)ccc(OC)c21. The highest BCUT2D eigenvalue weighted by molar-refractivity contribution is 5.79. The van der Waals surface area contributed by atoms with Gasteiger partial charge in [-0.05, 0) is 49.3 Å². The van der Waals surface area contributed by atoms with Crippen molar-refractivity contribution < 1.29 is 19.0 Å². The highest BCUT2D eigenvalue weighted by Crippen LogP contribution is 2.44. The lowest BCUT2D eigenvalue weighted by Crippen LogP contribution is -2.27. The molecule has 21 heavy (non-hydrogen) atoms. The van der Waals surface area contributed by atoms with Crippen LogP contribution in [0.15, 0.2) is 12.1 Å². The molecule has 1 aliphatic carbocycles. The van der Waals surface area contributed by atoms with Crippen LogP contribution in [0.25, 0.3) is 0 Å². The van der Waals surface area contributed by atoms with E-state index in [9.17, 15) is 4.79 Å². The highest BCUT2D eigenvalue weighted by atomic mass is 16.6. The Morgan fingerprint density at radius 2 is 2.19 bits per heavy atom. The summed E-state index contributed by atoms with van der Waals surface area (Å²) in [6.45, 7) is 2.73. The predicted octanol–water partition coefficient (Wildman–Crippen LogP) is 3.14. The van der Waals surface area contributed by atoms with Crippen molar-refractivity contribution in [3.05, 3.63) is 28.8 Å². The number of fused-ring (bicyclic) bond motifs is 1. The molecule has 0 amide bonds. The molecule has 0 bridgehead atoms. The fourth-order valence-electron chi connectivity index (χ4n) is 3.27. The van der Waals surface area contributed by atoms with Crippen molar-refractivity contribution in [3.63, 3.8) is 0 Å². The fourth-order valence-corrected chi connectivity index (χ4v) is 3.27. The van der Waals surface area contributed by atoms with E-state index in [1.165, 1.54) is 30.4 Å². The summed E-state index contributed by atoms with van der Waals surface area (Å²) in [5.41, 5.74) is 3.49. The van der Waals surface area contributed by atoms with Gasteiger partial charge in [-0.1, -0.05) is 12.5 Å². The number of esters is 1.